The molecule has 1 aliphatic heterocycles. The van der Waals surface area contributed by atoms with E-state index in [0.717, 1.165) is 18.8 Å². The lowest BCUT2D eigenvalue weighted by Crippen LogP contribution is -2.48. The smallest absolute Gasteiger partial charge is 0.227 e. The predicted molar refractivity (Wildman–Crippen MR) is 72.4 cm³/mol. The topological polar surface area (TPSA) is 41.1 Å². The number of amides is 1. The molecule has 1 amide bonds. The first-order valence-corrected chi connectivity index (χ1v) is 7.09. The third-order valence-corrected chi connectivity index (χ3v) is 4.00. The summed E-state index contributed by atoms with van der Waals surface area (Å²) in [6.45, 7) is 3.91. The molecule has 1 aromatic rings. The number of benzene rings is 1. The summed E-state index contributed by atoms with van der Waals surface area (Å²) in [5, 5.41) is 6.18. The van der Waals surface area contributed by atoms with E-state index in [1.807, 2.05) is 37.4 Å². The van der Waals surface area contributed by atoms with Crippen LogP contribution >= 0.6 is 11.8 Å². The van der Waals surface area contributed by atoms with E-state index < -0.39 is 0 Å². The summed E-state index contributed by atoms with van der Waals surface area (Å²) in [5.74, 6) is 0.683. The maximum absolute atomic E-state index is 12.0. The van der Waals surface area contributed by atoms with Gasteiger partial charge in [-0.3, -0.25) is 4.79 Å². The first-order chi connectivity index (χ1) is 8.20. The Kier molecular flexibility index (Phi) is 4.07. The molecule has 1 fully saturated rings. The molecule has 1 saturated heterocycles. The summed E-state index contributed by atoms with van der Waals surface area (Å²) < 4.78 is 0. The number of nitrogens with one attached hydrogen (secondary N) is 2. The van der Waals surface area contributed by atoms with Crippen LogP contribution in [-0.2, 0) is 4.79 Å². The molecule has 0 radical (unpaired) electrons. The van der Waals surface area contributed by atoms with E-state index in [-0.39, 0.29) is 11.8 Å². The van der Waals surface area contributed by atoms with E-state index in [1.54, 1.807) is 11.8 Å². The highest BCUT2D eigenvalue weighted by molar-refractivity contribution is 7.98. The Morgan fingerprint density at radius 1 is 1.53 bits per heavy atom. The minimum atomic E-state index is 0.0779. The first kappa shape index (κ1) is 12.5. The Morgan fingerprint density at radius 2 is 2.29 bits per heavy atom. The predicted octanol–water partition coefficient (Wildman–Crippen LogP) is 2.20. The summed E-state index contributed by atoms with van der Waals surface area (Å²) in [7, 11) is 0. The molecule has 4 heteroatoms. The van der Waals surface area contributed by atoms with Gasteiger partial charge in [0.05, 0.1) is 0 Å². The number of hydrogen-bond donors (Lipinski definition) is 2. The zero-order valence-electron chi connectivity index (χ0n) is 10.2. The molecule has 2 rings (SSSR count). The average Bonchev–Trinajstić information content (AvgIpc) is 2.27. The number of thioether (sulfide) groups is 1. The van der Waals surface area contributed by atoms with E-state index in [9.17, 15) is 4.79 Å². The van der Waals surface area contributed by atoms with E-state index in [2.05, 4.69) is 10.6 Å². The quantitative estimate of drug-likeness (QED) is 0.805. The Labute approximate surface area is 106 Å². The van der Waals surface area contributed by atoms with Gasteiger partial charge >= 0.3 is 0 Å². The number of hydrogen-bond acceptors (Lipinski definition) is 3. The number of carbonyl (C=O) groups is 1. The van der Waals surface area contributed by atoms with E-state index in [1.165, 1.54) is 4.90 Å². The third-order valence-electron chi connectivity index (χ3n) is 3.27. The molecule has 92 valence electrons. The highest BCUT2D eigenvalue weighted by Crippen LogP contribution is 2.21. The summed E-state index contributed by atoms with van der Waals surface area (Å²) in [6, 6.07) is 7.95. The molecule has 1 heterocycles. The molecule has 1 unspecified atom stereocenters. The van der Waals surface area contributed by atoms with Crippen LogP contribution in [0.3, 0.4) is 0 Å². The van der Waals surface area contributed by atoms with E-state index >= 15 is 0 Å². The lowest BCUT2D eigenvalue weighted by molar-refractivity contribution is -0.121. The molecule has 1 atom stereocenters. The summed E-state index contributed by atoms with van der Waals surface area (Å²) in [5.41, 5.74) is 0.890. The maximum atomic E-state index is 12.0. The molecule has 1 aliphatic rings. The van der Waals surface area contributed by atoms with Crippen molar-refractivity contribution in [2.45, 2.75) is 11.8 Å². The second kappa shape index (κ2) is 5.56. The van der Waals surface area contributed by atoms with Crippen LogP contribution in [0.15, 0.2) is 29.2 Å². The average molecular weight is 250 g/mol. The first-order valence-electron chi connectivity index (χ1n) is 5.86. The molecule has 17 heavy (non-hydrogen) atoms. The summed E-state index contributed by atoms with van der Waals surface area (Å²) in [4.78, 5) is 13.2. The van der Waals surface area contributed by atoms with Crippen LogP contribution in [0.5, 0.6) is 0 Å². The zero-order valence-corrected chi connectivity index (χ0v) is 11.0. The van der Waals surface area contributed by atoms with Crippen LogP contribution in [0.2, 0.25) is 0 Å². The van der Waals surface area contributed by atoms with Gasteiger partial charge in [-0.1, -0.05) is 13.0 Å². The van der Waals surface area contributed by atoms with Crippen molar-refractivity contribution in [3.8, 4) is 0 Å². The van der Waals surface area contributed by atoms with Crippen molar-refractivity contribution in [2.24, 2.45) is 11.8 Å². The SMILES string of the molecule is CSc1cccc(NC(=O)C(C)C2CNC2)c1. The van der Waals surface area contributed by atoms with Crippen molar-refractivity contribution in [1.82, 2.24) is 5.32 Å². The summed E-state index contributed by atoms with van der Waals surface area (Å²) in [6.07, 6.45) is 2.03. The molecule has 0 aromatic heterocycles. The van der Waals surface area contributed by atoms with Gasteiger partial charge in [0.1, 0.15) is 0 Å². The molecule has 0 bridgehead atoms. The molecule has 0 spiro atoms. The van der Waals surface area contributed by atoms with Gasteiger partial charge < -0.3 is 10.6 Å². The molecule has 1 aromatic carbocycles. The van der Waals surface area contributed by atoms with E-state index in [4.69, 9.17) is 0 Å². The van der Waals surface area contributed by atoms with Crippen LogP contribution in [0.4, 0.5) is 5.69 Å². The highest BCUT2D eigenvalue weighted by atomic mass is 32.2. The summed E-state index contributed by atoms with van der Waals surface area (Å²) >= 11 is 1.68. The van der Waals surface area contributed by atoms with Crippen molar-refractivity contribution in [1.29, 1.82) is 0 Å². The van der Waals surface area contributed by atoms with Crippen molar-refractivity contribution < 1.29 is 4.79 Å². The minimum Gasteiger partial charge on any atom is -0.326 e. The third kappa shape index (κ3) is 3.01. The lowest BCUT2D eigenvalue weighted by Gasteiger charge is -2.31. The van der Waals surface area contributed by atoms with Crippen molar-refractivity contribution >= 4 is 23.4 Å². The fraction of sp³-hybridized carbons (Fsp3) is 0.462. The highest BCUT2D eigenvalue weighted by Gasteiger charge is 2.28. The Balaban J connectivity index is 1.96. The van der Waals surface area contributed by atoms with Crippen molar-refractivity contribution in [3.05, 3.63) is 24.3 Å². The van der Waals surface area contributed by atoms with Crippen molar-refractivity contribution in [3.63, 3.8) is 0 Å². The molecule has 0 saturated carbocycles. The van der Waals surface area contributed by atoms with Gasteiger partial charge in [0, 0.05) is 16.5 Å². The zero-order chi connectivity index (χ0) is 12.3. The van der Waals surface area contributed by atoms with Gasteiger partial charge in [-0.2, -0.15) is 0 Å². The molecular formula is C13H18N2OS. The Bertz CT molecular complexity index is 404. The number of rotatable bonds is 4. The lowest BCUT2D eigenvalue weighted by atomic mass is 9.88. The maximum Gasteiger partial charge on any atom is 0.227 e. The van der Waals surface area contributed by atoms with Crippen LogP contribution in [-0.4, -0.2) is 25.3 Å². The van der Waals surface area contributed by atoms with Gasteiger partial charge in [-0.15, -0.1) is 11.8 Å². The fourth-order valence-corrected chi connectivity index (χ4v) is 2.30. The van der Waals surface area contributed by atoms with Crippen LogP contribution in [0.1, 0.15) is 6.92 Å². The van der Waals surface area contributed by atoms with Gasteiger partial charge in [-0.05, 0) is 43.5 Å². The normalized spacial score (nSPS) is 17.3. The standard InChI is InChI=1S/C13H18N2OS/c1-9(10-7-14-8-10)13(16)15-11-4-3-5-12(6-11)17-2/h3-6,9-10,14H,7-8H2,1-2H3,(H,15,16). The van der Waals surface area contributed by atoms with Gasteiger partial charge in [0.25, 0.3) is 0 Å². The van der Waals surface area contributed by atoms with Crippen LogP contribution in [0, 0.1) is 11.8 Å². The van der Waals surface area contributed by atoms with Gasteiger partial charge in [0.15, 0.2) is 0 Å². The number of anilines is 1. The molecule has 2 N–H and O–H groups in total. The Morgan fingerprint density at radius 3 is 2.88 bits per heavy atom. The van der Waals surface area contributed by atoms with Crippen molar-refractivity contribution in [2.75, 3.05) is 24.7 Å². The second-order valence-electron chi connectivity index (χ2n) is 4.43. The van der Waals surface area contributed by atoms with Gasteiger partial charge in [-0.25, -0.2) is 0 Å². The molecular weight excluding hydrogens is 232 g/mol. The van der Waals surface area contributed by atoms with Gasteiger partial charge in [0.2, 0.25) is 5.91 Å². The van der Waals surface area contributed by atoms with E-state index in [0.29, 0.717) is 5.92 Å². The van der Waals surface area contributed by atoms with Crippen LogP contribution in [0.25, 0.3) is 0 Å². The second-order valence-corrected chi connectivity index (χ2v) is 5.31. The largest absolute Gasteiger partial charge is 0.326 e. The minimum absolute atomic E-state index is 0.0779. The Hall–Kier alpha value is -1.00. The van der Waals surface area contributed by atoms with Crippen LogP contribution < -0.4 is 10.6 Å². The number of carbonyl (C=O) groups excluding carboxylic acids is 1. The molecule has 0 aliphatic carbocycles. The monoisotopic (exact) mass is 250 g/mol. The fourth-order valence-electron chi connectivity index (χ4n) is 1.84. The molecule has 3 nitrogen and oxygen atoms in total.